The summed E-state index contributed by atoms with van der Waals surface area (Å²) in [4.78, 5) is 61.9. The van der Waals surface area contributed by atoms with Crippen LogP contribution in [0.3, 0.4) is 0 Å². The molecule has 8 rings (SSSR count). The highest BCUT2D eigenvalue weighted by Crippen LogP contribution is 2.68. The molecule has 0 bridgehead atoms. The van der Waals surface area contributed by atoms with Gasteiger partial charge in [0.15, 0.2) is 0 Å². The monoisotopic (exact) mass is 496 g/mol. The summed E-state index contributed by atoms with van der Waals surface area (Å²) >= 11 is 0. The van der Waals surface area contributed by atoms with Crippen molar-refractivity contribution in [1.82, 2.24) is 19.8 Å². The Bertz CT molecular complexity index is 1440. The Morgan fingerprint density at radius 1 is 0.811 bits per heavy atom. The van der Waals surface area contributed by atoms with E-state index in [9.17, 15) is 19.2 Å². The lowest BCUT2D eigenvalue weighted by molar-refractivity contribution is -0.130. The predicted octanol–water partition coefficient (Wildman–Crippen LogP) is 3.19. The number of nitrogens with zero attached hydrogens (tertiary/aromatic N) is 2. The van der Waals surface area contributed by atoms with Crippen molar-refractivity contribution >= 4 is 23.4 Å². The van der Waals surface area contributed by atoms with Crippen molar-refractivity contribution in [2.45, 2.75) is 56.8 Å². The molecule has 2 N–H and O–H groups in total. The first kappa shape index (κ1) is 21.4. The molecule has 2 amide bonds. The van der Waals surface area contributed by atoms with Crippen LogP contribution < -0.4 is 0 Å². The van der Waals surface area contributed by atoms with Gasteiger partial charge in [-0.25, -0.2) is 0 Å². The van der Waals surface area contributed by atoms with Crippen molar-refractivity contribution in [3.8, 4) is 0 Å². The molecule has 2 saturated heterocycles. The maximum absolute atomic E-state index is 13.3. The average Bonchev–Trinajstić information content (AvgIpc) is 3.46. The van der Waals surface area contributed by atoms with Crippen LogP contribution >= 0.6 is 0 Å². The fourth-order valence-corrected chi connectivity index (χ4v) is 8.24. The number of carbonyl (C=O) groups excluding carboxylic acids is 4. The Kier molecular flexibility index (Phi) is 3.82. The molecule has 8 heteroatoms. The number of fused-ring (bicyclic) bond motifs is 2. The normalized spacial score (nSPS) is 31.6. The highest BCUT2D eigenvalue weighted by atomic mass is 16.2. The Balaban J connectivity index is 0.957. The molecular weight excluding hydrogens is 468 g/mol. The smallest absolute Gasteiger partial charge is 0.226 e. The second-order valence-electron chi connectivity index (χ2n) is 11.8. The number of ketones is 2. The first-order valence-electron chi connectivity index (χ1n) is 13.3. The molecule has 2 aliphatic heterocycles. The van der Waals surface area contributed by atoms with E-state index in [4.69, 9.17) is 0 Å². The number of hydrogen-bond acceptors (Lipinski definition) is 4. The summed E-state index contributed by atoms with van der Waals surface area (Å²) in [6.45, 7) is 5.32. The van der Waals surface area contributed by atoms with E-state index in [0.717, 1.165) is 46.5 Å². The van der Waals surface area contributed by atoms with Gasteiger partial charge in [-0.2, -0.15) is 0 Å². The number of H-pyrrole nitrogens is 2. The minimum atomic E-state index is -0.196. The zero-order chi connectivity index (χ0) is 25.4. The minimum absolute atomic E-state index is 0.0181. The number of nitrogens with one attached hydrogen (secondary N) is 2. The number of aromatic nitrogens is 2. The number of aromatic amines is 2. The number of likely N-dealkylation sites (tertiary alicyclic amines) is 2. The molecule has 2 aromatic rings. The van der Waals surface area contributed by atoms with Crippen LogP contribution in [0.1, 0.15) is 75.3 Å². The first-order chi connectivity index (χ1) is 17.8. The maximum Gasteiger partial charge on any atom is 0.226 e. The predicted molar refractivity (Wildman–Crippen MR) is 133 cm³/mol. The molecular formula is C29H28N4O4. The van der Waals surface area contributed by atoms with Crippen LogP contribution in [0, 0.1) is 25.7 Å². The Hall–Kier alpha value is -3.68. The van der Waals surface area contributed by atoms with Crippen LogP contribution in [0.5, 0.6) is 0 Å². The van der Waals surface area contributed by atoms with Crippen molar-refractivity contribution in [1.29, 1.82) is 0 Å². The number of rotatable bonds is 4. The van der Waals surface area contributed by atoms with Crippen LogP contribution in [0.25, 0.3) is 0 Å². The van der Waals surface area contributed by atoms with Gasteiger partial charge in [0.05, 0.1) is 11.4 Å². The van der Waals surface area contributed by atoms with E-state index in [1.807, 2.05) is 26.2 Å². The molecule has 2 unspecified atom stereocenters. The molecule has 6 aliphatic rings. The second kappa shape index (κ2) is 6.60. The third-order valence-electron chi connectivity index (χ3n) is 9.97. The largest absolute Gasteiger partial charge is 0.358 e. The Morgan fingerprint density at radius 2 is 1.24 bits per heavy atom. The fraction of sp³-hybridized carbons (Fsp3) is 0.448. The lowest BCUT2D eigenvalue weighted by Gasteiger charge is -2.29. The summed E-state index contributed by atoms with van der Waals surface area (Å²) in [6.07, 6.45) is 10.0. The molecule has 2 aromatic heterocycles. The van der Waals surface area contributed by atoms with E-state index < -0.39 is 0 Å². The van der Waals surface area contributed by atoms with Crippen LogP contribution in [0.2, 0.25) is 0 Å². The van der Waals surface area contributed by atoms with Crippen LogP contribution in [0.4, 0.5) is 0 Å². The van der Waals surface area contributed by atoms with E-state index in [1.165, 1.54) is 0 Å². The highest BCUT2D eigenvalue weighted by Gasteiger charge is 2.69. The summed E-state index contributed by atoms with van der Waals surface area (Å²) < 4.78 is 0. The van der Waals surface area contributed by atoms with Crippen molar-refractivity contribution < 1.29 is 19.2 Å². The van der Waals surface area contributed by atoms with Crippen molar-refractivity contribution in [3.05, 3.63) is 69.6 Å². The number of piperidine rings is 2. The summed E-state index contributed by atoms with van der Waals surface area (Å²) in [5.74, 6) is 0.543. The van der Waals surface area contributed by atoms with E-state index in [1.54, 1.807) is 22.0 Å². The molecule has 8 nitrogen and oxygen atoms in total. The van der Waals surface area contributed by atoms with E-state index in [0.29, 0.717) is 42.7 Å². The molecule has 0 aromatic carbocycles. The van der Waals surface area contributed by atoms with Gasteiger partial charge in [0.25, 0.3) is 0 Å². The highest BCUT2D eigenvalue weighted by molar-refractivity contribution is 6.09. The van der Waals surface area contributed by atoms with Crippen LogP contribution in [0.15, 0.2) is 35.9 Å². The maximum atomic E-state index is 13.3. The third-order valence-corrected chi connectivity index (χ3v) is 9.97. The lowest BCUT2D eigenvalue weighted by atomic mass is 9.83. The van der Waals surface area contributed by atoms with Gasteiger partial charge >= 0.3 is 0 Å². The van der Waals surface area contributed by atoms with Gasteiger partial charge in [-0.3, -0.25) is 19.2 Å². The van der Waals surface area contributed by atoms with Gasteiger partial charge in [-0.1, -0.05) is 0 Å². The number of amides is 2. The molecule has 188 valence electrons. The van der Waals surface area contributed by atoms with Crippen LogP contribution in [-0.4, -0.2) is 56.2 Å². The molecule has 4 atom stereocenters. The zero-order valence-corrected chi connectivity index (χ0v) is 20.9. The van der Waals surface area contributed by atoms with Gasteiger partial charge in [-0.15, -0.1) is 0 Å². The summed E-state index contributed by atoms with van der Waals surface area (Å²) in [7, 11) is 0. The molecule has 2 spiro atoms. The van der Waals surface area contributed by atoms with Crippen molar-refractivity contribution in [3.63, 3.8) is 0 Å². The van der Waals surface area contributed by atoms with Crippen molar-refractivity contribution in [2.24, 2.45) is 11.8 Å². The molecule has 4 fully saturated rings. The van der Waals surface area contributed by atoms with Crippen LogP contribution in [-0.2, 0) is 20.4 Å². The first-order valence-corrected chi connectivity index (χ1v) is 13.3. The fourth-order valence-electron chi connectivity index (χ4n) is 8.24. The lowest BCUT2D eigenvalue weighted by Crippen LogP contribution is -2.35. The molecule has 4 heterocycles. The number of carbonyl (C=O) groups is 4. The van der Waals surface area contributed by atoms with E-state index >= 15 is 0 Å². The Morgan fingerprint density at radius 3 is 1.68 bits per heavy atom. The molecule has 4 aliphatic carbocycles. The number of allylic oxidation sites excluding steroid dienone is 4. The average molecular weight is 497 g/mol. The number of aryl methyl sites for hydroxylation is 2. The SMILES string of the molecule is Cc1c[nH]c2c1C13C[C@@H]1CN(C(=O)CCCC(=O)N1C[C@H]4CC45C1=CC(=O)c1[nH]cc(C)c15)C3=CC2=O. The molecule has 2 saturated carbocycles. The second-order valence-corrected chi connectivity index (χ2v) is 11.8. The van der Waals surface area contributed by atoms with Gasteiger partial charge in [-0.05, 0) is 67.2 Å². The van der Waals surface area contributed by atoms with Gasteiger partial charge in [0.2, 0.25) is 23.4 Å². The topological polar surface area (TPSA) is 106 Å². The zero-order valence-electron chi connectivity index (χ0n) is 20.9. The Labute approximate surface area is 213 Å². The van der Waals surface area contributed by atoms with Gasteiger partial charge < -0.3 is 19.8 Å². The summed E-state index contributed by atoms with van der Waals surface area (Å²) in [5, 5.41) is 0. The summed E-state index contributed by atoms with van der Waals surface area (Å²) in [6, 6.07) is 0. The van der Waals surface area contributed by atoms with Gasteiger partial charge in [0, 0.05) is 72.7 Å². The number of hydrogen-bond donors (Lipinski definition) is 2. The molecule has 37 heavy (non-hydrogen) atoms. The van der Waals surface area contributed by atoms with E-state index in [2.05, 4.69) is 9.97 Å². The van der Waals surface area contributed by atoms with E-state index in [-0.39, 0.29) is 47.1 Å². The van der Waals surface area contributed by atoms with Crippen molar-refractivity contribution in [2.75, 3.05) is 13.1 Å². The standard InChI is InChI=1S/C29H28N4O4/c1-14-10-30-26-18(34)6-20-28(24(14)26)8-16(28)12-32(20)22(36)4-3-5-23(37)33-13-17-9-29(17)21(33)7-19(35)27-25(29)15(2)11-31-27/h6-7,10-11,16-17,30-31H,3-5,8-9,12-13H2,1-2H3/t16-,17-,28?,29?/m1/s1. The third kappa shape index (κ3) is 2.44. The quantitative estimate of drug-likeness (QED) is 0.678. The minimum Gasteiger partial charge on any atom is -0.358 e. The molecule has 0 radical (unpaired) electrons. The summed E-state index contributed by atoms with van der Waals surface area (Å²) in [5.41, 5.74) is 6.94. The van der Waals surface area contributed by atoms with Gasteiger partial charge in [0.1, 0.15) is 0 Å².